The van der Waals surface area contributed by atoms with Crippen LogP contribution in [0.5, 0.6) is 0 Å². The highest BCUT2D eigenvalue weighted by Gasteiger charge is 1.99. The lowest BCUT2D eigenvalue weighted by atomic mass is 10.2. The minimum Gasteiger partial charge on any atom is -0.391 e. The summed E-state index contributed by atoms with van der Waals surface area (Å²) in [5.74, 6) is 1.10. The van der Waals surface area contributed by atoms with E-state index in [1.807, 2.05) is 11.8 Å². The maximum absolute atomic E-state index is 8.62. The summed E-state index contributed by atoms with van der Waals surface area (Å²) in [7, 11) is 0. The van der Waals surface area contributed by atoms with Gasteiger partial charge in [0, 0.05) is 10.6 Å². The Morgan fingerprint density at radius 1 is 1.27 bits per heavy atom. The summed E-state index contributed by atoms with van der Waals surface area (Å²) in [6.45, 7) is 6.43. The summed E-state index contributed by atoms with van der Waals surface area (Å²) >= 11 is 1.89. The van der Waals surface area contributed by atoms with Crippen molar-refractivity contribution in [3.63, 3.8) is 0 Å². The van der Waals surface area contributed by atoms with Gasteiger partial charge in [-0.15, -0.1) is 11.8 Å². The topological polar surface area (TPSA) is 36.8 Å². The van der Waals surface area contributed by atoms with E-state index in [-0.39, 0.29) is 6.61 Å². The van der Waals surface area contributed by atoms with Gasteiger partial charge in [0.05, 0.1) is 19.7 Å². The molecule has 3 N–H and O–H groups in total. The first kappa shape index (κ1) is 12.6. The normalized spacial score (nSPS) is 10.6. The highest BCUT2D eigenvalue weighted by molar-refractivity contribution is 7.99. The number of aliphatic hydroxyl groups is 1. The van der Waals surface area contributed by atoms with E-state index >= 15 is 0 Å². The van der Waals surface area contributed by atoms with Crippen LogP contribution in [-0.2, 0) is 0 Å². The summed E-state index contributed by atoms with van der Waals surface area (Å²) < 4.78 is 0. The number of benzene rings is 1. The van der Waals surface area contributed by atoms with Gasteiger partial charge in [0.2, 0.25) is 0 Å². The zero-order valence-corrected chi connectivity index (χ0v) is 10.3. The number of quaternary nitrogens is 1. The minimum absolute atomic E-state index is 0.272. The van der Waals surface area contributed by atoms with Crippen molar-refractivity contribution in [3.8, 4) is 0 Å². The largest absolute Gasteiger partial charge is 0.391 e. The lowest BCUT2D eigenvalue weighted by Crippen LogP contribution is -2.85. The molecule has 0 amide bonds. The molecule has 0 atom stereocenters. The molecule has 0 saturated heterocycles. The van der Waals surface area contributed by atoms with Gasteiger partial charge in [0.15, 0.2) is 0 Å². The van der Waals surface area contributed by atoms with Crippen molar-refractivity contribution < 1.29 is 10.4 Å². The van der Waals surface area contributed by atoms with Crippen molar-refractivity contribution in [2.75, 3.05) is 25.4 Å². The molecule has 0 spiro atoms. The Morgan fingerprint density at radius 2 is 2.07 bits per heavy atom. The maximum atomic E-state index is 8.62. The zero-order chi connectivity index (χ0) is 11.1. The third-order valence-corrected chi connectivity index (χ3v) is 3.45. The van der Waals surface area contributed by atoms with Crippen molar-refractivity contribution in [1.29, 1.82) is 0 Å². The number of hydrogen-bond donors (Lipinski definition) is 2. The molecule has 0 bridgehead atoms. The Balaban J connectivity index is 2.31. The van der Waals surface area contributed by atoms with Gasteiger partial charge in [-0.3, -0.25) is 0 Å². The summed E-state index contributed by atoms with van der Waals surface area (Å²) in [6.07, 6.45) is 0. The molecular weight excluding hydrogens is 206 g/mol. The highest BCUT2D eigenvalue weighted by atomic mass is 32.2. The van der Waals surface area contributed by atoms with Gasteiger partial charge in [0.1, 0.15) is 0 Å². The lowest BCUT2D eigenvalue weighted by Gasteiger charge is -2.05. The molecule has 0 aromatic heterocycles. The smallest absolute Gasteiger partial charge is 0.0990 e. The molecule has 15 heavy (non-hydrogen) atoms. The Kier molecular flexibility index (Phi) is 5.76. The van der Waals surface area contributed by atoms with E-state index in [2.05, 4.69) is 37.4 Å². The Hall–Kier alpha value is -0.510. The molecule has 2 nitrogen and oxygen atoms in total. The number of hydrogen-bond acceptors (Lipinski definition) is 2. The summed E-state index contributed by atoms with van der Waals surface area (Å²) in [5, 5.41) is 10.8. The van der Waals surface area contributed by atoms with Crippen molar-refractivity contribution >= 4 is 11.8 Å². The molecule has 3 heteroatoms. The van der Waals surface area contributed by atoms with Gasteiger partial charge < -0.3 is 10.4 Å². The second kappa shape index (κ2) is 6.88. The van der Waals surface area contributed by atoms with Gasteiger partial charge in [0.25, 0.3) is 0 Å². The van der Waals surface area contributed by atoms with Crippen molar-refractivity contribution in [1.82, 2.24) is 0 Å². The molecule has 0 saturated carbocycles. The fraction of sp³-hybridized carbons (Fsp3) is 0.500. The van der Waals surface area contributed by atoms with Crippen LogP contribution >= 0.6 is 11.8 Å². The van der Waals surface area contributed by atoms with E-state index in [0.717, 1.165) is 18.8 Å². The Morgan fingerprint density at radius 3 is 2.73 bits per heavy atom. The van der Waals surface area contributed by atoms with Crippen LogP contribution in [0, 0.1) is 13.8 Å². The molecular formula is C12H20NOS+. The van der Waals surface area contributed by atoms with Crippen LogP contribution in [0.15, 0.2) is 23.1 Å². The number of nitrogens with two attached hydrogens (primary N) is 1. The molecule has 0 heterocycles. The second-order valence-electron chi connectivity index (χ2n) is 3.71. The lowest BCUT2D eigenvalue weighted by molar-refractivity contribution is -0.651. The maximum Gasteiger partial charge on any atom is 0.0990 e. The number of rotatable bonds is 6. The van der Waals surface area contributed by atoms with Gasteiger partial charge in [-0.25, -0.2) is 0 Å². The summed E-state index contributed by atoms with van der Waals surface area (Å²) in [5.41, 5.74) is 2.69. The van der Waals surface area contributed by atoms with Crippen molar-refractivity contribution in [3.05, 3.63) is 29.3 Å². The molecule has 1 aromatic carbocycles. The van der Waals surface area contributed by atoms with Gasteiger partial charge >= 0.3 is 0 Å². The summed E-state index contributed by atoms with van der Waals surface area (Å²) in [6, 6.07) is 6.58. The van der Waals surface area contributed by atoms with Crippen molar-refractivity contribution in [2.24, 2.45) is 0 Å². The van der Waals surface area contributed by atoms with E-state index in [0.29, 0.717) is 0 Å². The molecule has 1 rings (SSSR count). The number of aryl methyl sites for hydroxylation is 2. The van der Waals surface area contributed by atoms with E-state index in [9.17, 15) is 0 Å². The average molecular weight is 226 g/mol. The molecule has 0 aliphatic heterocycles. The monoisotopic (exact) mass is 226 g/mol. The van der Waals surface area contributed by atoms with Crippen LogP contribution in [0.25, 0.3) is 0 Å². The fourth-order valence-corrected chi connectivity index (χ4v) is 2.40. The number of aliphatic hydroxyl groups excluding tert-OH is 1. The Labute approximate surface area is 96.1 Å². The van der Waals surface area contributed by atoms with E-state index in [1.165, 1.54) is 16.0 Å². The third-order valence-electron chi connectivity index (χ3n) is 2.24. The van der Waals surface area contributed by atoms with Crippen LogP contribution in [0.1, 0.15) is 11.1 Å². The molecule has 0 aliphatic rings. The standard InChI is InChI=1S/C12H19NOS/c1-10-3-4-12(11(2)9-10)15-8-6-13-5-7-14/h3-4,9,13-14H,5-8H2,1-2H3/p+1. The Bertz CT molecular complexity index is 302. The SMILES string of the molecule is Cc1ccc(SCC[NH2+]CCO)c(C)c1. The first-order valence-corrected chi connectivity index (χ1v) is 6.35. The van der Waals surface area contributed by atoms with Gasteiger partial charge in [-0.2, -0.15) is 0 Å². The summed E-state index contributed by atoms with van der Waals surface area (Å²) in [4.78, 5) is 1.37. The predicted molar refractivity (Wildman–Crippen MR) is 65.4 cm³/mol. The van der Waals surface area contributed by atoms with Crippen LogP contribution in [0.4, 0.5) is 0 Å². The quantitative estimate of drug-likeness (QED) is 0.560. The first-order valence-electron chi connectivity index (χ1n) is 5.36. The molecule has 0 radical (unpaired) electrons. The van der Waals surface area contributed by atoms with Crippen molar-refractivity contribution in [2.45, 2.75) is 18.7 Å². The van der Waals surface area contributed by atoms with Crippen LogP contribution in [0.2, 0.25) is 0 Å². The fourth-order valence-electron chi connectivity index (χ4n) is 1.45. The van der Waals surface area contributed by atoms with Crippen LogP contribution in [0.3, 0.4) is 0 Å². The van der Waals surface area contributed by atoms with Gasteiger partial charge in [-0.1, -0.05) is 17.7 Å². The zero-order valence-electron chi connectivity index (χ0n) is 9.49. The molecule has 0 unspecified atom stereocenters. The highest BCUT2D eigenvalue weighted by Crippen LogP contribution is 2.22. The van der Waals surface area contributed by atoms with E-state index < -0.39 is 0 Å². The van der Waals surface area contributed by atoms with Gasteiger partial charge in [-0.05, 0) is 25.5 Å². The molecule has 0 aliphatic carbocycles. The average Bonchev–Trinajstić information content (AvgIpc) is 2.20. The predicted octanol–water partition coefficient (Wildman–Crippen LogP) is 0.951. The third kappa shape index (κ3) is 4.69. The molecule has 1 aromatic rings. The van der Waals surface area contributed by atoms with E-state index in [4.69, 9.17) is 5.11 Å². The molecule has 84 valence electrons. The van der Waals surface area contributed by atoms with E-state index in [1.54, 1.807) is 0 Å². The molecule has 0 fully saturated rings. The minimum atomic E-state index is 0.272. The second-order valence-corrected chi connectivity index (χ2v) is 4.84. The number of thioether (sulfide) groups is 1. The first-order chi connectivity index (χ1) is 7.24. The van der Waals surface area contributed by atoms with Crippen LogP contribution < -0.4 is 5.32 Å². The van der Waals surface area contributed by atoms with Crippen LogP contribution in [-0.4, -0.2) is 30.6 Å².